The Labute approximate surface area is 196 Å². The van der Waals surface area contributed by atoms with Crippen LogP contribution in [0.1, 0.15) is 33.3 Å². The lowest BCUT2D eigenvalue weighted by atomic mass is 10.2. The Morgan fingerprint density at radius 2 is 1.30 bits per heavy atom. The number of hydrogen-bond donors (Lipinski definition) is 6. The highest BCUT2D eigenvalue weighted by atomic mass is 16.5. The summed E-state index contributed by atoms with van der Waals surface area (Å²) in [5.74, 6) is 0.738. The number of aliphatic hydroxyl groups excluding tert-OH is 2. The fourth-order valence-corrected chi connectivity index (χ4v) is 2.59. The molecule has 4 amide bonds. The molecule has 6 N–H and O–H groups in total. The van der Waals surface area contributed by atoms with E-state index in [0.29, 0.717) is 36.4 Å². The molecule has 0 saturated heterocycles. The van der Waals surface area contributed by atoms with Crippen LogP contribution in [0.3, 0.4) is 0 Å². The number of ether oxygens (including phenoxy) is 2. The zero-order valence-electron chi connectivity index (χ0n) is 20.3. The maximum atomic E-state index is 12.2. The maximum absolute atomic E-state index is 12.2. The summed E-state index contributed by atoms with van der Waals surface area (Å²) in [5, 5.41) is 30.3. The largest absolute Gasteiger partial charge is 0.389 e. The first-order valence-corrected chi connectivity index (χ1v) is 11.3. The van der Waals surface area contributed by atoms with Crippen LogP contribution in [-0.4, -0.2) is 74.0 Å². The SMILES string of the molecule is Cc1ccc(NC(=O)NCC(O)COCC(C)C)cc1NC(=O)NCC(O)COCC(C)C. The fourth-order valence-electron chi connectivity index (χ4n) is 2.59. The van der Waals surface area contributed by atoms with Crippen LogP contribution in [0.15, 0.2) is 18.2 Å². The molecule has 2 atom stereocenters. The molecule has 0 heterocycles. The number of rotatable bonds is 14. The second-order valence-corrected chi connectivity index (χ2v) is 8.87. The van der Waals surface area contributed by atoms with E-state index in [1.54, 1.807) is 18.2 Å². The van der Waals surface area contributed by atoms with Gasteiger partial charge in [0.15, 0.2) is 0 Å². The van der Waals surface area contributed by atoms with Crippen molar-refractivity contribution in [3.8, 4) is 0 Å². The lowest BCUT2D eigenvalue weighted by molar-refractivity contribution is 0.0274. The number of amides is 4. The lowest BCUT2D eigenvalue weighted by Gasteiger charge is -2.16. The molecule has 188 valence electrons. The molecule has 2 unspecified atom stereocenters. The Hall–Kier alpha value is -2.40. The van der Waals surface area contributed by atoms with Crippen molar-refractivity contribution in [2.24, 2.45) is 11.8 Å². The van der Waals surface area contributed by atoms with Gasteiger partial charge in [-0.05, 0) is 36.5 Å². The van der Waals surface area contributed by atoms with Crippen molar-refractivity contribution in [1.29, 1.82) is 0 Å². The van der Waals surface area contributed by atoms with Crippen molar-refractivity contribution in [2.75, 3.05) is 50.2 Å². The molecule has 10 nitrogen and oxygen atoms in total. The van der Waals surface area contributed by atoms with Gasteiger partial charge in [0.25, 0.3) is 0 Å². The number of aryl methyl sites for hydroxylation is 1. The Balaban J connectivity index is 2.44. The molecule has 0 aliphatic carbocycles. The van der Waals surface area contributed by atoms with Crippen LogP contribution in [0.5, 0.6) is 0 Å². The van der Waals surface area contributed by atoms with Gasteiger partial charge in [0.05, 0.1) is 25.4 Å². The number of carbonyl (C=O) groups excluding carboxylic acids is 2. The van der Waals surface area contributed by atoms with E-state index in [2.05, 4.69) is 21.3 Å². The van der Waals surface area contributed by atoms with E-state index in [9.17, 15) is 19.8 Å². The normalized spacial score (nSPS) is 13.0. The van der Waals surface area contributed by atoms with E-state index in [1.807, 2.05) is 34.6 Å². The zero-order chi connectivity index (χ0) is 24.8. The van der Waals surface area contributed by atoms with Gasteiger partial charge in [-0.2, -0.15) is 0 Å². The molecule has 0 saturated carbocycles. The van der Waals surface area contributed by atoms with Crippen molar-refractivity contribution in [2.45, 2.75) is 46.8 Å². The summed E-state index contributed by atoms with van der Waals surface area (Å²) in [7, 11) is 0. The molecule has 1 rings (SSSR count). The first-order valence-electron chi connectivity index (χ1n) is 11.3. The van der Waals surface area contributed by atoms with Crippen LogP contribution in [0.4, 0.5) is 21.0 Å². The maximum Gasteiger partial charge on any atom is 0.319 e. The summed E-state index contributed by atoms with van der Waals surface area (Å²) in [6.45, 7) is 11.3. The highest BCUT2D eigenvalue weighted by Gasteiger charge is 2.11. The average Bonchev–Trinajstić information content (AvgIpc) is 2.72. The van der Waals surface area contributed by atoms with Crippen molar-refractivity contribution >= 4 is 23.4 Å². The van der Waals surface area contributed by atoms with E-state index in [4.69, 9.17) is 9.47 Å². The average molecular weight is 469 g/mol. The van der Waals surface area contributed by atoms with Crippen molar-refractivity contribution in [3.63, 3.8) is 0 Å². The van der Waals surface area contributed by atoms with Gasteiger partial charge in [0, 0.05) is 37.7 Å². The number of benzene rings is 1. The first kappa shape index (κ1) is 28.6. The highest BCUT2D eigenvalue weighted by molar-refractivity contribution is 5.93. The minimum Gasteiger partial charge on any atom is -0.389 e. The summed E-state index contributed by atoms with van der Waals surface area (Å²) in [6.07, 6.45) is -1.61. The summed E-state index contributed by atoms with van der Waals surface area (Å²) < 4.78 is 10.7. The summed E-state index contributed by atoms with van der Waals surface area (Å²) in [6, 6.07) is 4.12. The number of aliphatic hydroxyl groups is 2. The second-order valence-electron chi connectivity index (χ2n) is 8.87. The van der Waals surface area contributed by atoms with Crippen molar-refractivity contribution < 1.29 is 29.3 Å². The van der Waals surface area contributed by atoms with Crippen LogP contribution in [0, 0.1) is 18.8 Å². The molecular weight excluding hydrogens is 428 g/mol. The zero-order valence-corrected chi connectivity index (χ0v) is 20.3. The highest BCUT2D eigenvalue weighted by Crippen LogP contribution is 2.20. The van der Waals surface area contributed by atoms with E-state index in [0.717, 1.165) is 5.56 Å². The Bertz CT molecular complexity index is 729. The number of nitrogens with one attached hydrogen (secondary N) is 4. The summed E-state index contributed by atoms with van der Waals surface area (Å²) in [5.41, 5.74) is 1.79. The Morgan fingerprint density at radius 3 is 1.79 bits per heavy atom. The van der Waals surface area contributed by atoms with Crippen LogP contribution < -0.4 is 21.3 Å². The molecular formula is C23H40N4O6. The monoisotopic (exact) mass is 468 g/mol. The number of anilines is 2. The molecule has 10 heteroatoms. The fraction of sp³-hybridized carbons (Fsp3) is 0.652. The lowest BCUT2D eigenvalue weighted by Crippen LogP contribution is -2.38. The van der Waals surface area contributed by atoms with Gasteiger partial charge in [-0.1, -0.05) is 33.8 Å². The van der Waals surface area contributed by atoms with Gasteiger partial charge in [-0.3, -0.25) is 0 Å². The van der Waals surface area contributed by atoms with Crippen molar-refractivity contribution in [3.05, 3.63) is 23.8 Å². The van der Waals surface area contributed by atoms with E-state index in [-0.39, 0.29) is 26.3 Å². The number of urea groups is 2. The summed E-state index contributed by atoms with van der Waals surface area (Å²) >= 11 is 0. The van der Waals surface area contributed by atoms with Crippen LogP contribution in [0.2, 0.25) is 0 Å². The molecule has 0 radical (unpaired) electrons. The Kier molecular flexibility index (Phi) is 13.4. The third kappa shape index (κ3) is 13.7. The molecule has 1 aromatic carbocycles. The minimum atomic E-state index is -0.807. The van der Waals surface area contributed by atoms with Gasteiger partial charge in [0.1, 0.15) is 0 Å². The molecule has 0 spiro atoms. The Morgan fingerprint density at radius 1 is 0.818 bits per heavy atom. The molecule has 1 aromatic rings. The molecule has 33 heavy (non-hydrogen) atoms. The minimum absolute atomic E-state index is 0.0481. The molecule has 0 aliphatic rings. The number of hydrogen-bond acceptors (Lipinski definition) is 6. The van der Waals surface area contributed by atoms with E-state index in [1.165, 1.54) is 0 Å². The molecule has 0 aromatic heterocycles. The smallest absolute Gasteiger partial charge is 0.319 e. The van der Waals surface area contributed by atoms with E-state index >= 15 is 0 Å². The van der Waals surface area contributed by atoms with Gasteiger partial charge in [0.2, 0.25) is 0 Å². The van der Waals surface area contributed by atoms with Gasteiger partial charge >= 0.3 is 12.1 Å². The third-order valence-electron chi connectivity index (χ3n) is 4.26. The first-order chi connectivity index (χ1) is 15.6. The van der Waals surface area contributed by atoms with Gasteiger partial charge in [-0.25, -0.2) is 9.59 Å². The van der Waals surface area contributed by atoms with Crippen LogP contribution >= 0.6 is 0 Å². The van der Waals surface area contributed by atoms with Gasteiger partial charge in [-0.15, -0.1) is 0 Å². The van der Waals surface area contributed by atoms with E-state index < -0.39 is 24.3 Å². The molecule has 0 bridgehead atoms. The van der Waals surface area contributed by atoms with Crippen LogP contribution in [0.25, 0.3) is 0 Å². The second kappa shape index (κ2) is 15.4. The standard InChI is InChI=1S/C23H40N4O6/c1-15(2)11-32-13-19(28)9-24-22(30)26-18-7-6-17(5)21(8-18)27-23(31)25-10-20(29)14-33-12-16(3)4/h6-8,15-16,19-20,28-29H,9-14H2,1-5H3,(H2,24,26,30)(H2,25,27,31). The quantitative estimate of drug-likeness (QED) is 0.247. The predicted octanol–water partition coefficient (Wildman–Crippen LogP) is 2.31. The molecule has 0 fully saturated rings. The molecule has 0 aliphatic heterocycles. The van der Waals surface area contributed by atoms with Crippen molar-refractivity contribution in [1.82, 2.24) is 10.6 Å². The third-order valence-corrected chi connectivity index (χ3v) is 4.26. The number of carbonyl (C=O) groups is 2. The van der Waals surface area contributed by atoms with Crippen LogP contribution in [-0.2, 0) is 9.47 Å². The van der Waals surface area contributed by atoms with Gasteiger partial charge < -0.3 is 41.0 Å². The summed E-state index contributed by atoms with van der Waals surface area (Å²) in [4.78, 5) is 24.3. The topological polar surface area (TPSA) is 141 Å². The predicted molar refractivity (Wildman–Crippen MR) is 129 cm³/mol.